The van der Waals surface area contributed by atoms with Gasteiger partial charge in [0, 0.05) is 12.6 Å². The molecule has 0 bridgehead atoms. The highest BCUT2D eigenvalue weighted by Crippen LogP contribution is 2.36. The first-order chi connectivity index (χ1) is 5.82. The Morgan fingerprint density at radius 1 is 1.46 bits per heavy atom. The molecule has 1 rings (SSSR count). The first kappa shape index (κ1) is 10.4. The predicted octanol–water partition coefficient (Wildman–Crippen LogP) is 0.710. The maximum absolute atomic E-state index is 13.2. The van der Waals surface area contributed by atoms with Gasteiger partial charge in [-0.25, -0.2) is 8.78 Å². The number of terminal acetylenes is 1. The molecule has 1 heterocycles. The first-order valence-corrected chi connectivity index (χ1v) is 4.14. The van der Waals surface area contributed by atoms with Crippen LogP contribution in [0.5, 0.6) is 0 Å². The van der Waals surface area contributed by atoms with Crippen molar-refractivity contribution in [2.24, 2.45) is 0 Å². The Balaban J connectivity index is 2.88. The van der Waals surface area contributed by atoms with Gasteiger partial charge in [-0.2, -0.15) is 0 Å². The van der Waals surface area contributed by atoms with Gasteiger partial charge in [-0.15, -0.1) is 6.42 Å². The SMILES string of the molecule is C#C[C@]1(O)CN(C(C)C)CC1(F)F. The lowest BCUT2D eigenvalue weighted by molar-refractivity contribution is -0.112. The fourth-order valence-corrected chi connectivity index (χ4v) is 1.37. The highest BCUT2D eigenvalue weighted by Gasteiger charge is 2.59. The van der Waals surface area contributed by atoms with Gasteiger partial charge in [0.05, 0.1) is 6.54 Å². The van der Waals surface area contributed by atoms with Gasteiger partial charge in [-0.05, 0) is 13.8 Å². The molecule has 0 saturated carbocycles. The third-order valence-electron chi connectivity index (χ3n) is 2.41. The molecule has 0 amide bonds. The summed E-state index contributed by atoms with van der Waals surface area (Å²) in [6.07, 6.45) is 4.90. The van der Waals surface area contributed by atoms with Gasteiger partial charge >= 0.3 is 5.92 Å². The maximum atomic E-state index is 13.2. The Bertz CT molecular complexity index is 246. The molecule has 0 aromatic rings. The van der Waals surface area contributed by atoms with E-state index < -0.39 is 18.1 Å². The van der Waals surface area contributed by atoms with E-state index >= 15 is 0 Å². The maximum Gasteiger partial charge on any atom is 0.300 e. The topological polar surface area (TPSA) is 23.5 Å². The van der Waals surface area contributed by atoms with E-state index in [1.54, 1.807) is 19.8 Å². The van der Waals surface area contributed by atoms with Crippen molar-refractivity contribution < 1.29 is 13.9 Å². The number of halogens is 2. The van der Waals surface area contributed by atoms with E-state index in [4.69, 9.17) is 6.42 Å². The summed E-state index contributed by atoms with van der Waals surface area (Å²) in [4.78, 5) is 1.47. The molecule has 1 aliphatic rings. The van der Waals surface area contributed by atoms with Gasteiger partial charge < -0.3 is 5.11 Å². The van der Waals surface area contributed by atoms with Crippen LogP contribution >= 0.6 is 0 Å². The van der Waals surface area contributed by atoms with Crippen molar-refractivity contribution in [3.8, 4) is 12.3 Å². The lowest BCUT2D eigenvalue weighted by atomic mass is 10.0. The normalized spacial score (nSPS) is 33.6. The van der Waals surface area contributed by atoms with E-state index in [0.29, 0.717) is 0 Å². The summed E-state index contributed by atoms with van der Waals surface area (Å²) in [7, 11) is 0. The van der Waals surface area contributed by atoms with Gasteiger partial charge in [0.1, 0.15) is 0 Å². The lowest BCUT2D eigenvalue weighted by Crippen LogP contribution is -2.45. The van der Waals surface area contributed by atoms with Crippen molar-refractivity contribution >= 4 is 0 Å². The van der Waals surface area contributed by atoms with Crippen LogP contribution in [-0.2, 0) is 0 Å². The summed E-state index contributed by atoms with van der Waals surface area (Å²) >= 11 is 0. The van der Waals surface area contributed by atoms with Crippen LogP contribution in [0, 0.1) is 12.3 Å². The van der Waals surface area contributed by atoms with E-state index in [1.807, 2.05) is 0 Å². The minimum Gasteiger partial charge on any atom is -0.371 e. The molecule has 2 nitrogen and oxygen atoms in total. The van der Waals surface area contributed by atoms with E-state index in [9.17, 15) is 13.9 Å². The quantitative estimate of drug-likeness (QED) is 0.614. The Kier molecular flexibility index (Phi) is 2.35. The fraction of sp³-hybridized carbons (Fsp3) is 0.778. The van der Waals surface area contributed by atoms with E-state index in [2.05, 4.69) is 0 Å². The molecule has 0 unspecified atom stereocenters. The number of nitrogens with zero attached hydrogens (tertiary/aromatic N) is 1. The summed E-state index contributed by atoms with van der Waals surface area (Å²) in [6.45, 7) is 2.95. The second kappa shape index (κ2) is 2.93. The Hall–Kier alpha value is -0.660. The molecule has 1 fully saturated rings. The zero-order valence-corrected chi connectivity index (χ0v) is 7.72. The molecule has 0 aromatic heterocycles. The van der Waals surface area contributed by atoms with Crippen molar-refractivity contribution in [3.05, 3.63) is 0 Å². The molecule has 13 heavy (non-hydrogen) atoms. The van der Waals surface area contributed by atoms with Crippen LogP contribution in [0.2, 0.25) is 0 Å². The van der Waals surface area contributed by atoms with Gasteiger partial charge in [0.25, 0.3) is 0 Å². The van der Waals surface area contributed by atoms with Crippen LogP contribution in [-0.4, -0.2) is 40.7 Å². The smallest absolute Gasteiger partial charge is 0.300 e. The molecule has 1 atom stereocenters. The number of likely N-dealkylation sites (tertiary alicyclic amines) is 1. The standard InChI is InChI=1S/C9H13F2NO/c1-4-8(13)5-12(7(2)3)6-9(8,10)11/h1,7,13H,5-6H2,2-3H3/t8-/m0/s1. The molecule has 1 saturated heterocycles. The van der Waals surface area contributed by atoms with E-state index in [1.165, 1.54) is 4.90 Å². The van der Waals surface area contributed by atoms with Crippen LogP contribution in [0.4, 0.5) is 8.78 Å². The molecule has 4 heteroatoms. The summed E-state index contributed by atoms with van der Waals surface area (Å²) in [5.41, 5.74) is -2.29. The fourth-order valence-electron chi connectivity index (χ4n) is 1.37. The average Bonchev–Trinajstić information content (AvgIpc) is 2.24. The predicted molar refractivity (Wildman–Crippen MR) is 45.4 cm³/mol. The Morgan fingerprint density at radius 3 is 2.23 bits per heavy atom. The Morgan fingerprint density at radius 2 is 2.00 bits per heavy atom. The highest BCUT2D eigenvalue weighted by molar-refractivity contribution is 5.20. The zero-order valence-electron chi connectivity index (χ0n) is 7.72. The third-order valence-corrected chi connectivity index (χ3v) is 2.41. The van der Waals surface area contributed by atoms with Gasteiger partial charge in [0.15, 0.2) is 0 Å². The Labute approximate surface area is 76.5 Å². The number of alkyl halides is 2. The summed E-state index contributed by atoms with van der Waals surface area (Å²) in [5, 5.41) is 9.42. The summed E-state index contributed by atoms with van der Waals surface area (Å²) < 4.78 is 26.3. The second-order valence-corrected chi connectivity index (χ2v) is 3.71. The molecule has 74 valence electrons. The van der Waals surface area contributed by atoms with Crippen LogP contribution in [0.3, 0.4) is 0 Å². The third kappa shape index (κ3) is 1.54. The van der Waals surface area contributed by atoms with E-state index in [0.717, 1.165) is 0 Å². The largest absolute Gasteiger partial charge is 0.371 e. The molecule has 0 aromatic carbocycles. The first-order valence-electron chi connectivity index (χ1n) is 4.14. The number of hydrogen-bond donors (Lipinski definition) is 1. The molecule has 0 spiro atoms. The van der Waals surface area contributed by atoms with Gasteiger partial charge in [-0.1, -0.05) is 5.92 Å². The lowest BCUT2D eigenvalue weighted by Gasteiger charge is -2.22. The van der Waals surface area contributed by atoms with Crippen molar-refractivity contribution in [2.45, 2.75) is 31.4 Å². The molecule has 1 aliphatic heterocycles. The van der Waals surface area contributed by atoms with Crippen LogP contribution in [0.1, 0.15) is 13.8 Å². The van der Waals surface area contributed by atoms with Crippen molar-refractivity contribution in [3.63, 3.8) is 0 Å². The van der Waals surface area contributed by atoms with Gasteiger partial charge in [0.2, 0.25) is 5.60 Å². The molecular weight excluding hydrogens is 176 g/mol. The van der Waals surface area contributed by atoms with Crippen LogP contribution in [0.25, 0.3) is 0 Å². The molecular formula is C9H13F2NO. The minimum absolute atomic E-state index is 0.0340. The van der Waals surface area contributed by atoms with Crippen molar-refractivity contribution in [1.29, 1.82) is 0 Å². The molecule has 1 N–H and O–H groups in total. The van der Waals surface area contributed by atoms with Gasteiger partial charge in [-0.3, -0.25) is 4.90 Å². The number of β-amino-alcohol motifs (C(OH)–C–C–N with tert-alkyl or cyclic N) is 1. The van der Waals surface area contributed by atoms with E-state index in [-0.39, 0.29) is 12.6 Å². The zero-order chi connectivity index (χ0) is 10.3. The number of aliphatic hydroxyl groups is 1. The summed E-state index contributed by atoms with van der Waals surface area (Å²) in [5.74, 6) is -1.42. The van der Waals surface area contributed by atoms with Crippen molar-refractivity contribution in [2.75, 3.05) is 13.1 Å². The number of rotatable bonds is 1. The average molecular weight is 189 g/mol. The molecule has 0 aliphatic carbocycles. The van der Waals surface area contributed by atoms with Crippen LogP contribution in [0.15, 0.2) is 0 Å². The number of hydrogen-bond acceptors (Lipinski definition) is 2. The highest BCUT2D eigenvalue weighted by atomic mass is 19.3. The van der Waals surface area contributed by atoms with Crippen LogP contribution < -0.4 is 0 Å². The van der Waals surface area contributed by atoms with Crippen molar-refractivity contribution in [1.82, 2.24) is 4.90 Å². The minimum atomic E-state index is -3.20. The summed E-state index contributed by atoms with van der Waals surface area (Å²) in [6, 6.07) is -0.0340. The second-order valence-electron chi connectivity index (χ2n) is 3.71. The molecule has 0 radical (unpaired) electrons. The monoisotopic (exact) mass is 189 g/mol.